The van der Waals surface area contributed by atoms with Crippen molar-refractivity contribution in [2.45, 2.75) is 11.1 Å². The van der Waals surface area contributed by atoms with Gasteiger partial charge in [0.15, 0.2) is 0 Å². The van der Waals surface area contributed by atoms with Crippen LogP contribution in [0.1, 0.15) is 10.4 Å². The smallest absolute Gasteiger partial charge is 0.394 e. The molecule has 1 fully saturated rings. The third kappa shape index (κ3) is 3.74. The number of hydrogen-bond donors (Lipinski definition) is 1. The predicted octanol–water partition coefficient (Wildman–Crippen LogP) is 3.40. The molecule has 9 heteroatoms. The Morgan fingerprint density at radius 1 is 1.35 bits per heavy atom. The van der Waals surface area contributed by atoms with Crippen LogP contribution in [0.2, 0.25) is 5.02 Å². The van der Waals surface area contributed by atoms with Crippen LogP contribution in [-0.2, 0) is 4.79 Å². The molecule has 1 saturated heterocycles. The lowest BCUT2D eigenvalue weighted by Gasteiger charge is -2.19. The van der Waals surface area contributed by atoms with Gasteiger partial charge in [-0.05, 0) is 24.5 Å². The molecule has 1 amide bonds. The number of carbonyl (C=O) groups excluding carboxylic acids is 1. The monoisotopic (exact) mass is 367 g/mol. The number of halogens is 4. The van der Waals surface area contributed by atoms with E-state index in [-0.39, 0.29) is 10.6 Å². The van der Waals surface area contributed by atoms with Gasteiger partial charge >= 0.3 is 12.1 Å². The van der Waals surface area contributed by atoms with Crippen molar-refractivity contribution in [1.29, 1.82) is 0 Å². The van der Waals surface area contributed by atoms with E-state index < -0.39 is 43.0 Å². The van der Waals surface area contributed by atoms with E-state index in [4.69, 9.17) is 16.7 Å². The fourth-order valence-corrected chi connectivity index (χ4v) is 3.16. The third-order valence-electron chi connectivity index (χ3n) is 3.75. The first-order chi connectivity index (χ1) is 10.6. The lowest BCUT2D eigenvalue weighted by Crippen LogP contribution is -2.34. The van der Waals surface area contributed by atoms with Crippen molar-refractivity contribution < 1.29 is 27.9 Å². The van der Waals surface area contributed by atoms with Gasteiger partial charge in [0.2, 0.25) is 0 Å². The number of carboxylic acid groups (broad SMARTS) is 1. The van der Waals surface area contributed by atoms with E-state index in [1.807, 2.05) is 0 Å². The molecule has 126 valence electrons. The molecule has 1 aliphatic heterocycles. The average Bonchev–Trinajstić information content (AvgIpc) is 2.92. The van der Waals surface area contributed by atoms with Gasteiger partial charge in [-0.15, -0.1) is 11.8 Å². The first-order valence-corrected chi connectivity index (χ1v) is 8.17. The summed E-state index contributed by atoms with van der Waals surface area (Å²) < 4.78 is 38.9. The number of likely N-dealkylation sites (tertiary alicyclic amines) is 1. The van der Waals surface area contributed by atoms with Gasteiger partial charge in [0.25, 0.3) is 5.91 Å². The van der Waals surface area contributed by atoms with Gasteiger partial charge < -0.3 is 10.0 Å². The molecule has 0 spiro atoms. The molecule has 0 aliphatic carbocycles. The highest BCUT2D eigenvalue weighted by atomic mass is 35.5. The zero-order valence-corrected chi connectivity index (χ0v) is 13.5. The standard InChI is InChI=1S/C14H13ClF3NO3S/c1-23-7-2-3-11(15)8(4-7)12(20)19-5-9(13(21)22)10(6-19)14(16,17)18/h2-4,9-10H,5-6H2,1H3,(H,21,22)/t9-,10-/m1/s1. The molecule has 1 aromatic carbocycles. The Balaban J connectivity index is 2.29. The Labute approximate surface area is 139 Å². The van der Waals surface area contributed by atoms with Crippen LogP contribution in [0, 0.1) is 11.8 Å². The van der Waals surface area contributed by atoms with Crippen molar-refractivity contribution >= 4 is 35.2 Å². The highest BCUT2D eigenvalue weighted by Crippen LogP contribution is 2.38. The number of carbonyl (C=O) groups is 2. The normalized spacial score (nSPS) is 21.5. The fraction of sp³-hybridized carbons (Fsp3) is 0.429. The van der Waals surface area contributed by atoms with Crippen LogP contribution >= 0.6 is 23.4 Å². The van der Waals surface area contributed by atoms with E-state index in [0.29, 0.717) is 0 Å². The Morgan fingerprint density at radius 2 is 2.00 bits per heavy atom. The van der Waals surface area contributed by atoms with E-state index in [1.165, 1.54) is 23.9 Å². The molecule has 1 aromatic rings. The van der Waals surface area contributed by atoms with E-state index in [0.717, 1.165) is 9.80 Å². The molecule has 2 rings (SSSR count). The number of amides is 1. The minimum atomic E-state index is -4.68. The number of thioether (sulfide) groups is 1. The quantitative estimate of drug-likeness (QED) is 0.832. The second-order valence-corrected chi connectivity index (χ2v) is 6.44. The fourth-order valence-electron chi connectivity index (χ4n) is 2.52. The molecule has 2 atom stereocenters. The highest BCUT2D eigenvalue weighted by Gasteiger charge is 2.53. The van der Waals surface area contributed by atoms with Gasteiger partial charge in [-0.3, -0.25) is 9.59 Å². The van der Waals surface area contributed by atoms with Crippen molar-refractivity contribution in [1.82, 2.24) is 4.90 Å². The highest BCUT2D eigenvalue weighted by molar-refractivity contribution is 7.98. The molecule has 0 aromatic heterocycles. The number of alkyl halides is 3. The summed E-state index contributed by atoms with van der Waals surface area (Å²) in [6.45, 7) is -1.17. The number of rotatable bonds is 3. The maximum atomic E-state index is 13.0. The molecule has 4 nitrogen and oxygen atoms in total. The first kappa shape index (κ1) is 17.9. The summed E-state index contributed by atoms with van der Waals surface area (Å²) in [7, 11) is 0. The zero-order valence-electron chi connectivity index (χ0n) is 11.9. The topological polar surface area (TPSA) is 57.6 Å². The summed E-state index contributed by atoms with van der Waals surface area (Å²) in [6.07, 6.45) is -2.89. The van der Waals surface area contributed by atoms with E-state index in [9.17, 15) is 22.8 Å². The van der Waals surface area contributed by atoms with Gasteiger partial charge in [-0.2, -0.15) is 13.2 Å². The molecular weight excluding hydrogens is 355 g/mol. The minimum absolute atomic E-state index is 0.0745. The van der Waals surface area contributed by atoms with Gasteiger partial charge in [0.1, 0.15) is 0 Å². The van der Waals surface area contributed by atoms with Crippen LogP contribution in [-0.4, -0.2) is 47.4 Å². The summed E-state index contributed by atoms with van der Waals surface area (Å²) >= 11 is 7.31. The number of aliphatic carboxylic acids is 1. The molecule has 23 heavy (non-hydrogen) atoms. The molecule has 1 N–H and O–H groups in total. The Hall–Kier alpha value is -1.41. The van der Waals surface area contributed by atoms with Crippen molar-refractivity contribution in [3.05, 3.63) is 28.8 Å². The van der Waals surface area contributed by atoms with Crippen molar-refractivity contribution in [2.24, 2.45) is 11.8 Å². The Bertz CT molecular complexity index is 638. The van der Waals surface area contributed by atoms with Gasteiger partial charge in [-0.1, -0.05) is 11.6 Å². The van der Waals surface area contributed by atoms with Crippen molar-refractivity contribution in [3.8, 4) is 0 Å². The molecule has 1 aliphatic rings. The summed E-state index contributed by atoms with van der Waals surface area (Å²) in [5.74, 6) is -6.00. The summed E-state index contributed by atoms with van der Waals surface area (Å²) in [6, 6.07) is 4.67. The maximum absolute atomic E-state index is 13.0. The maximum Gasteiger partial charge on any atom is 0.394 e. The minimum Gasteiger partial charge on any atom is -0.481 e. The molecule has 0 radical (unpaired) electrons. The lowest BCUT2D eigenvalue weighted by atomic mass is 9.96. The van der Waals surface area contributed by atoms with Crippen LogP contribution in [0.4, 0.5) is 13.2 Å². The molecule has 0 bridgehead atoms. The summed E-state index contributed by atoms with van der Waals surface area (Å²) in [5, 5.41) is 9.11. The van der Waals surface area contributed by atoms with E-state index in [2.05, 4.69) is 0 Å². The van der Waals surface area contributed by atoms with Gasteiger partial charge in [0, 0.05) is 18.0 Å². The van der Waals surface area contributed by atoms with Crippen LogP contribution in [0.5, 0.6) is 0 Å². The average molecular weight is 368 g/mol. The zero-order chi connectivity index (χ0) is 17.4. The second-order valence-electron chi connectivity index (χ2n) is 5.15. The number of nitrogens with zero attached hydrogens (tertiary/aromatic N) is 1. The van der Waals surface area contributed by atoms with Gasteiger partial charge in [0.05, 0.1) is 22.4 Å². The van der Waals surface area contributed by atoms with Crippen LogP contribution < -0.4 is 0 Å². The number of hydrogen-bond acceptors (Lipinski definition) is 3. The van der Waals surface area contributed by atoms with Crippen LogP contribution in [0.15, 0.2) is 23.1 Å². The van der Waals surface area contributed by atoms with E-state index in [1.54, 1.807) is 12.3 Å². The lowest BCUT2D eigenvalue weighted by molar-refractivity contribution is -0.187. The molecular formula is C14H13ClF3NO3S. The second kappa shape index (κ2) is 6.60. The van der Waals surface area contributed by atoms with E-state index >= 15 is 0 Å². The Morgan fingerprint density at radius 3 is 2.48 bits per heavy atom. The molecule has 1 heterocycles. The number of benzene rings is 1. The van der Waals surface area contributed by atoms with Crippen LogP contribution in [0.3, 0.4) is 0 Å². The molecule has 0 unspecified atom stereocenters. The predicted molar refractivity (Wildman–Crippen MR) is 79.8 cm³/mol. The number of carboxylic acids is 1. The van der Waals surface area contributed by atoms with Crippen molar-refractivity contribution in [2.75, 3.05) is 19.3 Å². The van der Waals surface area contributed by atoms with Crippen molar-refractivity contribution in [3.63, 3.8) is 0 Å². The largest absolute Gasteiger partial charge is 0.481 e. The third-order valence-corrected chi connectivity index (χ3v) is 4.80. The summed E-state index contributed by atoms with van der Waals surface area (Å²) in [4.78, 5) is 25.2. The van der Waals surface area contributed by atoms with Crippen LogP contribution in [0.25, 0.3) is 0 Å². The summed E-state index contributed by atoms with van der Waals surface area (Å²) in [5.41, 5.74) is 0.0745. The first-order valence-electron chi connectivity index (χ1n) is 6.57. The molecule has 0 saturated carbocycles. The SMILES string of the molecule is CSc1ccc(Cl)c(C(=O)N2C[C@@H](C(F)(F)F)[C@H](C(=O)O)C2)c1. The Kier molecular flexibility index (Phi) is 5.15. The van der Waals surface area contributed by atoms with Gasteiger partial charge in [-0.25, -0.2) is 0 Å².